The van der Waals surface area contributed by atoms with Crippen LogP contribution < -0.4 is 20.3 Å². The Hall–Kier alpha value is -2.87. The summed E-state index contributed by atoms with van der Waals surface area (Å²) in [6.45, 7) is 0. The molecule has 0 radical (unpaired) electrons. The molecule has 2 heterocycles. The van der Waals surface area contributed by atoms with E-state index in [2.05, 4.69) is 10.3 Å². The van der Waals surface area contributed by atoms with Gasteiger partial charge in [-0.15, -0.1) is 11.3 Å². The molecule has 118 valence electrons. The standard InChI is InChI=1S/C15H13N3O4S/c1-21-10-5-9(6-11(7-10)22-2)17-13(19)12-8-16-15-18(14(12)20)3-4-23-15/h3-8H,1-2H3,(H,17,19). The Morgan fingerprint density at radius 1 is 1.22 bits per heavy atom. The predicted molar refractivity (Wildman–Crippen MR) is 86.8 cm³/mol. The van der Waals surface area contributed by atoms with Gasteiger partial charge in [0.15, 0.2) is 4.96 Å². The second kappa shape index (κ2) is 6.09. The lowest BCUT2D eigenvalue weighted by atomic mass is 10.2. The van der Waals surface area contributed by atoms with Crippen LogP contribution in [0.3, 0.4) is 0 Å². The van der Waals surface area contributed by atoms with Crippen LogP contribution in [0.2, 0.25) is 0 Å². The molecule has 0 saturated carbocycles. The molecule has 23 heavy (non-hydrogen) atoms. The van der Waals surface area contributed by atoms with Gasteiger partial charge in [0.25, 0.3) is 11.5 Å². The molecule has 0 aliphatic heterocycles. The monoisotopic (exact) mass is 331 g/mol. The zero-order chi connectivity index (χ0) is 16.4. The molecule has 1 aromatic carbocycles. The third-order valence-electron chi connectivity index (χ3n) is 3.20. The number of hydrogen-bond donors (Lipinski definition) is 1. The number of anilines is 1. The minimum absolute atomic E-state index is 0.0392. The number of ether oxygens (including phenoxy) is 2. The Balaban J connectivity index is 1.94. The Morgan fingerprint density at radius 3 is 2.57 bits per heavy atom. The fourth-order valence-electron chi connectivity index (χ4n) is 2.06. The second-order valence-corrected chi connectivity index (χ2v) is 5.46. The first-order valence-corrected chi connectivity index (χ1v) is 7.49. The van der Waals surface area contributed by atoms with Gasteiger partial charge in [-0.1, -0.05) is 0 Å². The zero-order valence-electron chi connectivity index (χ0n) is 12.4. The van der Waals surface area contributed by atoms with Crippen LogP contribution in [0.5, 0.6) is 11.5 Å². The number of methoxy groups -OCH3 is 2. The summed E-state index contributed by atoms with van der Waals surface area (Å²) < 4.78 is 11.6. The summed E-state index contributed by atoms with van der Waals surface area (Å²) in [6, 6.07) is 4.95. The number of benzene rings is 1. The molecule has 2 aromatic heterocycles. The quantitative estimate of drug-likeness (QED) is 0.791. The lowest BCUT2D eigenvalue weighted by molar-refractivity contribution is 0.102. The van der Waals surface area contributed by atoms with Gasteiger partial charge < -0.3 is 14.8 Å². The molecule has 0 aliphatic carbocycles. The maximum absolute atomic E-state index is 12.4. The molecular weight excluding hydrogens is 318 g/mol. The molecule has 1 amide bonds. The first kappa shape index (κ1) is 15.0. The van der Waals surface area contributed by atoms with Gasteiger partial charge in [-0.2, -0.15) is 0 Å². The Bertz CT molecular complexity index is 910. The number of hydrogen-bond acceptors (Lipinski definition) is 6. The van der Waals surface area contributed by atoms with Crippen molar-refractivity contribution >= 4 is 27.9 Å². The Labute approximate surface area is 135 Å². The van der Waals surface area contributed by atoms with Crippen LogP contribution in [0.25, 0.3) is 4.96 Å². The van der Waals surface area contributed by atoms with E-state index in [9.17, 15) is 9.59 Å². The number of amides is 1. The van der Waals surface area contributed by atoms with Gasteiger partial charge in [0.1, 0.15) is 17.1 Å². The van der Waals surface area contributed by atoms with E-state index in [0.717, 1.165) is 0 Å². The number of carbonyl (C=O) groups is 1. The van der Waals surface area contributed by atoms with Crippen molar-refractivity contribution in [2.24, 2.45) is 0 Å². The van der Waals surface area contributed by atoms with Crippen molar-refractivity contribution in [1.29, 1.82) is 0 Å². The number of aromatic nitrogens is 2. The van der Waals surface area contributed by atoms with Gasteiger partial charge >= 0.3 is 0 Å². The smallest absolute Gasteiger partial charge is 0.271 e. The van der Waals surface area contributed by atoms with Gasteiger partial charge in [0.2, 0.25) is 0 Å². The fourth-order valence-corrected chi connectivity index (χ4v) is 2.73. The average molecular weight is 331 g/mol. The Morgan fingerprint density at radius 2 is 1.91 bits per heavy atom. The topological polar surface area (TPSA) is 81.9 Å². The van der Waals surface area contributed by atoms with Crippen molar-refractivity contribution < 1.29 is 14.3 Å². The van der Waals surface area contributed by atoms with Crippen molar-refractivity contribution in [3.8, 4) is 11.5 Å². The number of fused-ring (bicyclic) bond motifs is 1. The summed E-state index contributed by atoms with van der Waals surface area (Å²) in [6.07, 6.45) is 2.86. The number of nitrogens with one attached hydrogen (secondary N) is 1. The van der Waals surface area contributed by atoms with Crippen molar-refractivity contribution in [3.63, 3.8) is 0 Å². The SMILES string of the molecule is COc1cc(NC(=O)c2cnc3sccn3c2=O)cc(OC)c1. The zero-order valence-corrected chi connectivity index (χ0v) is 13.2. The van der Waals surface area contributed by atoms with Crippen LogP contribution in [-0.2, 0) is 0 Å². The van der Waals surface area contributed by atoms with Gasteiger partial charge in [-0.05, 0) is 0 Å². The highest BCUT2D eigenvalue weighted by Gasteiger charge is 2.15. The van der Waals surface area contributed by atoms with Crippen molar-refractivity contribution in [3.05, 3.63) is 51.9 Å². The summed E-state index contributed by atoms with van der Waals surface area (Å²) in [5.74, 6) is 0.518. The van der Waals surface area contributed by atoms with Crippen LogP contribution >= 0.6 is 11.3 Å². The molecule has 0 unspecified atom stereocenters. The van der Waals surface area contributed by atoms with E-state index in [1.54, 1.807) is 29.8 Å². The van der Waals surface area contributed by atoms with Gasteiger partial charge in [0, 0.05) is 41.7 Å². The van der Waals surface area contributed by atoms with Crippen LogP contribution in [-0.4, -0.2) is 29.5 Å². The van der Waals surface area contributed by atoms with E-state index in [-0.39, 0.29) is 5.56 Å². The van der Waals surface area contributed by atoms with E-state index in [1.807, 2.05) is 0 Å². The molecule has 3 aromatic rings. The lowest BCUT2D eigenvalue weighted by Crippen LogP contribution is -2.25. The molecule has 0 aliphatic rings. The minimum atomic E-state index is -0.543. The maximum Gasteiger partial charge on any atom is 0.271 e. The summed E-state index contributed by atoms with van der Waals surface area (Å²) in [4.78, 5) is 29.3. The van der Waals surface area contributed by atoms with Gasteiger partial charge in [-0.25, -0.2) is 4.98 Å². The van der Waals surface area contributed by atoms with Crippen LogP contribution in [0, 0.1) is 0 Å². The third-order valence-corrected chi connectivity index (χ3v) is 3.97. The first-order chi connectivity index (χ1) is 11.1. The molecule has 0 atom stereocenters. The van der Waals surface area contributed by atoms with Crippen molar-refractivity contribution in [2.45, 2.75) is 0 Å². The normalized spacial score (nSPS) is 10.5. The van der Waals surface area contributed by atoms with E-state index in [4.69, 9.17) is 9.47 Å². The highest BCUT2D eigenvalue weighted by Crippen LogP contribution is 2.25. The predicted octanol–water partition coefficient (Wildman–Crippen LogP) is 2.03. The molecule has 0 bridgehead atoms. The van der Waals surface area contributed by atoms with Crippen LogP contribution in [0.1, 0.15) is 10.4 Å². The lowest BCUT2D eigenvalue weighted by Gasteiger charge is -2.09. The molecule has 8 heteroatoms. The molecule has 0 saturated heterocycles. The Kier molecular flexibility index (Phi) is 3.98. The molecule has 0 fully saturated rings. The molecule has 3 rings (SSSR count). The van der Waals surface area contributed by atoms with Crippen LogP contribution in [0.15, 0.2) is 40.8 Å². The number of nitrogens with zero attached hydrogens (tertiary/aromatic N) is 2. The first-order valence-electron chi connectivity index (χ1n) is 6.61. The van der Waals surface area contributed by atoms with E-state index >= 15 is 0 Å². The largest absolute Gasteiger partial charge is 0.497 e. The second-order valence-electron chi connectivity index (χ2n) is 4.59. The highest BCUT2D eigenvalue weighted by atomic mass is 32.1. The van der Waals surface area contributed by atoms with Gasteiger partial charge in [0.05, 0.1) is 14.2 Å². The summed E-state index contributed by atoms with van der Waals surface area (Å²) >= 11 is 1.32. The van der Waals surface area contributed by atoms with E-state index < -0.39 is 11.5 Å². The fraction of sp³-hybridized carbons (Fsp3) is 0.133. The van der Waals surface area contributed by atoms with E-state index in [1.165, 1.54) is 36.2 Å². The van der Waals surface area contributed by atoms with Crippen LogP contribution in [0.4, 0.5) is 5.69 Å². The number of thiazole rings is 1. The molecule has 0 spiro atoms. The maximum atomic E-state index is 12.4. The minimum Gasteiger partial charge on any atom is -0.497 e. The summed E-state index contributed by atoms with van der Waals surface area (Å²) in [7, 11) is 3.03. The molecule has 7 nitrogen and oxygen atoms in total. The number of rotatable bonds is 4. The van der Waals surface area contributed by atoms with Crippen molar-refractivity contribution in [1.82, 2.24) is 9.38 Å². The van der Waals surface area contributed by atoms with Crippen molar-refractivity contribution in [2.75, 3.05) is 19.5 Å². The average Bonchev–Trinajstić information content (AvgIpc) is 3.04. The molecule has 1 N–H and O–H groups in total. The van der Waals surface area contributed by atoms with Gasteiger partial charge in [-0.3, -0.25) is 14.0 Å². The summed E-state index contributed by atoms with van der Waals surface area (Å²) in [5, 5.41) is 4.39. The van der Waals surface area contributed by atoms with E-state index in [0.29, 0.717) is 22.1 Å². The highest BCUT2D eigenvalue weighted by molar-refractivity contribution is 7.15. The summed E-state index contributed by atoms with van der Waals surface area (Å²) in [5.41, 5.74) is 0.00677. The third kappa shape index (κ3) is 2.88. The number of carbonyl (C=O) groups excluding carboxylic acids is 1. The molecular formula is C15H13N3O4S.